The fourth-order valence-corrected chi connectivity index (χ4v) is 3.19. The minimum Gasteiger partial charge on any atom is -0.494 e. The van der Waals surface area contributed by atoms with Gasteiger partial charge in [0.2, 0.25) is 5.91 Å². The largest absolute Gasteiger partial charge is 0.494 e. The lowest BCUT2D eigenvalue weighted by molar-refractivity contribution is -0.116. The number of ether oxygens (including phenoxy) is 1. The van der Waals surface area contributed by atoms with Crippen molar-refractivity contribution < 1.29 is 9.53 Å². The monoisotopic (exact) mass is 414 g/mol. The molecule has 29 heavy (non-hydrogen) atoms. The number of nitrogens with one attached hydrogen (secondary N) is 2. The van der Waals surface area contributed by atoms with Gasteiger partial charge in [-0.25, -0.2) is 4.68 Å². The second-order valence-corrected chi connectivity index (χ2v) is 7.06. The summed E-state index contributed by atoms with van der Waals surface area (Å²) in [4.78, 5) is 12.5. The highest BCUT2D eigenvalue weighted by Gasteiger charge is 2.14. The third-order valence-electron chi connectivity index (χ3n) is 4.69. The summed E-state index contributed by atoms with van der Waals surface area (Å²) in [5.41, 5.74) is 0.899. The van der Waals surface area contributed by atoms with Crippen molar-refractivity contribution in [3.05, 3.63) is 41.3 Å². The quantitative estimate of drug-likeness (QED) is 0.512. The fourth-order valence-electron chi connectivity index (χ4n) is 2.97. The van der Waals surface area contributed by atoms with E-state index in [0.29, 0.717) is 29.6 Å². The van der Waals surface area contributed by atoms with Crippen LogP contribution in [0, 0.1) is 4.77 Å². The Bertz CT molecular complexity index is 1000. The highest BCUT2D eigenvalue weighted by Crippen LogP contribution is 2.22. The second kappa shape index (κ2) is 9.51. The lowest BCUT2D eigenvalue weighted by atomic mass is 10.2. The molecule has 0 bridgehead atoms. The maximum absolute atomic E-state index is 12.5. The van der Waals surface area contributed by atoms with Crippen LogP contribution < -0.4 is 10.1 Å². The summed E-state index contributed by atoms with van der Waals surface area (Å²) < 4.78 is 9.61. The first-order valence-corrected chi connectivity index (χ1v) is 10.2. The van der Waals surface area contributed by atoms with E-state index in [1.807, 2.05) is 40.4 Å². The minimum absolute atomic E-state index is 0.101. The van der Waals surface area contributed by atoms with Gasteiger partial charge in [-0.05, 0) is 56.8 Å². The van der Waals surface area contributed by atoms with Crippen LogP contribution >= 0.6 is 12.2 Å². The maximum Gasteiger partial charge on any atom is 0.227 e. The number of nitrogens with zero attached hydrogens (tertiary/aromatic N) is 4. The smallest absolute Gasteiger partial charge is 0.227 e. The molecule has 0 spiro atoms. The van der Waals surface area contributed by atoms with Crippen molar-refractivity contribution >= 4 is 23.9 Å². The van der Waals surface area contributed by atoms with Gasteiger partial charge in [-0.2, -0.15) is 10.2 Å². The van der Waals surface area contributed by atoms with Gasteiger partial charge in [-0.1, -0.05) is 6.92 Å². The van der Waals surface area contributed by atoms with E-state index in [1.165, 1.54) is 0 Å². The predicted molar refractivity (Wildman–Crippen MR) is 114 cm³/mol. The van der Waals surface area contributed by atoms with Crippen LogP contribution in [0.3, 0.4) is 0 Å². The average Bonchev–Trinajstić information content (AvgIpc) is 3.33. The number of carbonyl (C=O) groups excluding carboxylic acids is 1. The molecule has 2 heterocycles. The first-order valence-electron chi connectivity index (χ1n) is 9.75. The van der Waals surface area contributed by atoms with E-state index in [4.69, 9.17) is 17.0 Å². The van der Waals surface area contributed by atoms with Crippen molar-refractivity contribution in [2.24, 2.45) is 0 Å². The molecule has 1 aromatic carbocycles. The van der Waals surface area contributed by atoms with Crippen molar-refractivity contribution in [3.63, 3.8) is 0 Å². The molecule has 0 saturated carbocycles. The summed E-state index contributed by atoms with van der Waals surface area (Å²) in [6.07, 6.45) is 2.89. The molecule has 0 aliphatic rings. The molecule has 0 radical (unpaired) electrons. The SMILES string of the molecule is CCOc1ccc(-c2n[nH]c(=S)n2CCC(=O)Nc2ccnn2C(C)CC)cc1. The number of benzene rings is 1. The highest BCUT2D eigenvalue weighted by molar-refractivity contribution is 7.71. The second-order valence-electron chi connectivity index (χ2n) is 6.68. The molecule has 1 unspecified atom stereocenters. The molecule has 1 atom stereocenters. The van der Waals surface area contributed by atoms with Gasteiger partial charge in [0, 0.05) is 24.6 Å². The van der Waals surface area contributed by atoms with Crippen molar-refractivity contribution in [2.75, 3.05) is 11.9 Å². The Hall–Kier alpha value is -2.94. The van der Waals surface area contributed by atoms with Crippen molar-refractivity contribution in [3.8, 4) is 17.1 Å². The van der Waals surface area contributed by atoms with E-state index in [0.717, 1.165) is 17.7 Å². The van der Waals surface area contributed by atoms with Crippen LogP contribution in [0.4, 0.5) is 5.82 Å². The third-order valence-corrected chi connectivity index (χ3v) is 5.00. The van der Waals surface area contributed by atoms with E-state index < -0.39 is 0 Å². The summed E-state index contributed by atoms with van der Waals surface area (Å²) in [6, 6.07) is 9.66. The van der Waals surface area contributed by atoms with Gasteiger partial charge in [-0.3, -0.25) is 14.5 Å². The number of rotatable bonds is 9. The predicted octanol–water partition coefficient (Wildman–Crippen LogP) is 4.20. The van der Waals surface area contributed by atoms with Gasteiger partial charge < -0.3 is 10.1 Å². The molecular weight excluding hydrogens is 388 g/mol. The third kappa shape index (κ3) is 4.92. The first-order chi connectivity index (χ1) is 14.0. The van der Waals surface area contributed by atoms with Crippen molar-refractivity contribution in [2.45, 2.75) is 46.2 Å². The zero-order chi connectivity index (χ0) is 20.8. The molecule has 3 rings (SSSR count). The number of hydrogen-bond donors (Lipinski definition) is 2. The lowest BCUT2D eigenvalue weighted by Gasteiger charge is -2.14. The van der Waals surface area contributed by atoms with Crippen LogP contribution in [0.5, 0.6) is 5.75 Å². The van der Waals surface area contributed by atoms with E-state index in [-0.39, 0.29) is 18.4 Å². The molecule has 154 valence electrons. The number of amides is 1. The van der Waals surface area contributed by atoms with Gasteiger partial charge in [0.1, 0.15) is 11.6 Å². The van der Waals surface area contributed by atoms with Crippen LogP contribution in [0.25, 0.3) is 11.4 Å². The molecule has 2 aromatic heterocycles. The minimum atomic E-state index is -0.101. The Morgan fingerprint density at radius 3 is 2.72 bits per heavy atom. The zero-order valence-electron chi connectivity index (χ0n) is 16.9. The molecule has 8 nitrogen and oxygen atoms in total. The van der Waals surface area contributed by atoms with E-state index in [2.05, 4.69) is 34.5 Å². The Morgan fingerprint density at radius 1 is 1.28 bits per heavy atom. The Kier molecular flexibility index (Phi) is 6.82. The topological polar surface area (TPSA) is 89.8 Å². The normalized spacial score (nSPS) is 12.0. The average molecular weight is 415 g/mol. The Morgan fingerprint density at radius 2 is 2.03 bits per heavy atom. The van der Waals surface area contributed by atoms with Crippen LogP contribution in [-0.4, -0.2) is 37.1 Å². The number of hydrogen-bond acceptors (Lipinski definition) is 5. The number of H-pyrrole nitrogens is 1. The van der Waals surface area contributed by atoms with Gasteiger partial charge in [-0.15, -0.1) is 0 Å². The van der Waals surface area contributed by atoms with Crippen molar-refractivity contribution in [1.82, 2.24) is 24.5 Å². The molecule has 3 aromatic rings. The number of anilines is 1. The maximum atomic E-state index is 12.5. The summed E-state index contributed by atoms with van der Waals surface area (Å²) in [5.74, 6) is 2.09. The summed E-state index contributed by atoms with van der Waals surface area (Å²) in [7, 11) is 0. The molecule has 9 heteroatoms. The molecule has 0 fully saturated rings. The molecule has 1 amide bonds. The van der Waals surface area contributed by atoms with Gasteiger partial charge >= 0.3 is 0 Å². The highest BCUT2D eigenvalue weighted by atomic mass is 32.1. The lowest BCUT2D eigenvalue weighted by Crippen LogP contribution is -2.19. The number of aromatic amines is 1. The first kappa shape index (κ1) is 20.8. The Labute approximate surface area is 174 Å². The number of carbonyl (C=O) groups is 1. The Balaban J connectivity index is 1.68. The molecule has 0 saturated heterocycles. The zero-order valence-corrected chi connectivity index (χ0v) is 17.7. The van der Waals surface area contributed by atoms with Crippen LogP contribution in [0.15, 0.2) is 36.5 Å². The van der Waals surface area contributed by atoms with E-state index in [9.17, 15) is 4.79 Å². The van der Waals surface area contributed by atoms with Crippen LogP contribution in [0.1, 0.15) is 39.7 Å². The summed E-state index contributed by atoms with van der Waals surface area (Å²) in [5, 5.41) is 14.4. The summed E-state index contributed by atoms with van der Waals surface area (Å²) in [6.45, 7) is 7.13. The van der Waals surface area contributed by atoms with Crippen LogP contribution in [-0.2, 0) is 11.3 Å². The van der Waals surface area contributed by atoms with Gasteiger partial charge in [0.25, 0.3) is 0 Å². The fraction of sp³-hybridized carbons (Fsp3) is 0.400. The molecule has 2 N–H and O–H groups in total. The molecule has 0 aliphatic heterocycles. The van der Waals surface area contributed by atoms with E-state index in [1.54, 1.807) is 12.3 Å². The molecule has 0 aliphatic carbocycles. The van der Waals surface area contributed by atoms with Gasteiger partial charge in [0.05, 0.1) is 18.8 Å². The standard InChI is InChI=1S/C20H26N6O2S/c1-4-14(3)26-17(10-12-21-26)22-18(27)11-13-25-19(23-24-20(25)29)15-6-8-16(9-7-15)28-5-2/h6-10,12,14H,4-5,11,13H2,1-3H3,(H,22,27)(H,24,29). The summed E-state index contributed by atoms with van der Waals surface area (Å²) >= 11 is 5.35. The van der Waals surface area contributed by atoms with Gasteiger partial charge in [0.15, 0.2) is 10.6 Å². The number of aromatic nitrogens is 5. The van der Waals surface area contributed by atoms with E-state index >= 15 is 0 Å². The molecular formula is C20H26N6O2S. The van der Waals surface area contributed by atoms with Crippen molar-refractivity contribution in [1.29, 1.82) is 0 Å². The van der Waals surface area contributed by atoms with Crippen LogP contribution in [0.2, 0.25) is 0 Å².